The molecule has 0 aliphatic heterocycles. The van der Waals surface area contributed by atoms with E-state index in [2.05, 4.69) is 10.5 Å². The number of para-hydroxylation sites is 3. The van der Waals surface area contributed by atoms with Crippen LogP contribution in [0.2, 0.25) is 0 Å². The van der Waals surface area contributed by atoms with Crippen molar-refractivity contribution >= 4 is 23.9 Å². The number of hydrogen-bond donors (Lipinski definition) is 1. The van der Waals surface area contributed by atoms with Crippen molar-refractivity contribution in [1.82, 2.24) is 5.43 Å². The third-order valence-electron chi connectivity index (χ3n) is 3.19. The number of nitrogens with one attached hydrogen (secondary N) is 1. The maximum absolute atomic E-state index is 11.7. The molecule has 1 amide bonds. The summed E-state index contributed by atoms with van der Waals surface area (Å²) in [5, 5.41) is 14.6. The molecule has 8 nitrogen and oxygen atoms in total. The second-order valence-electron chi connectivity index (χ2n) is 4.93. The average molecular weight is 355 g/mol. The topological polar surface area (TPSA) is 103 Å². The standard InChI is InChI=1S/C18H17N3O5/c1-25-16-10-4-5-11-17(16)26-13-18(22)20-19-12-6-8-14-7-2-3-9-15(14)21(23)24/h2-12H,13H2,1H3,(H,20,22)/b8-6+,19-12-. The van der Waals surface area contributed by atoms with Crippen molar-refractivity contribution in [2.24, 2.45) is 5.10 Å². The Balaban J connectivity index is 1.83. The summed E-state index contributed by atoms with van der Waals surface area (Å²) < 4.78 is 10.5. The van der Waals surface area contributed by atoms with Gasteiger partial charge in [-0.25, -0.2) is 5.43 Å². The highest BCUT2D eigenvalue weighted by Gasteiger charge is 2.08. The largest absolute Gasteiger partial charge is 0.493 e. The van der Waals surface area contributed by atoms with Gasteiger partial charge in [0.25, 0.3) is 11.6 Å². The van der Waals surface area contributed by atoms with Crippen molar-refractivity contribution in [3.8, 4) is 11.5 Å². The molecule has 8 heteroatoms. The van der Waals surface area contributed by atoms with Gasteiger partial charge in [-0.15, -0.1) is 0 Å². The lowest BCUT2D eigenvalue weighted by molar-refractivity contribution is -0.385. The van der Waals surface area contributed by atoms with Crippen molar-refractivity contribution in [3.63, 3.8) is 0 Å². The van der Waals surface area contributed by atoms with Crippen LogP contribution >= 0.6 is 0 Å². The predicted molar refractivity (Wildman–Crippen MR) is 97.3 cm³/mol. The smallest absolute Gasteiger partial charge is 0.277 e. The SMILES string of the molecule is COc1ccccc1OCC(=O)N/N=C\C=C\c1ccccc1[N+](=O)[O-]. The van der Waals surface area contributed by atoms with Gasteiger partial charge in [0.1, 0.15) is 0 Å². The van der Waals surface area contributed by atoms with Crippen LogP contribution in [0.4, 0.5) is 5.69 Å². The van der Waals surface area contributed by atoms with Crippen LogP contribution in [0.15, 0.2) is 59.7 Å². The normalized spacial score (nSPS) is 10.8. The molecule has 0 unspecified atom stereocenters. The van der Waals surface area contributed by atoms with Gasteiger partial charge in [-0.2, -0.15) is 5.10 Å². The fraction of sp³-hybridized carbons (Fsp3) is 0.111. The van der Waals surface area contributed by atoms with Gasteiger partial charge in [0.15, 0.2) is 18.1 Å². The van der Waals surface area contributed by atoms with E-state index in [9.17, 15) is 14.9 Å². The highest BCUT2D eigenvalue weighted by molar-refractivity contribution is 5.82. The molecule has 0 saturated heterocycles. The number of amides is 1. The number of ether oxygens (including phenoxy) is 2. The summed E-state index contributed by atoms with van der Waals surface area (Å²) in [5.74, 6) is 0.521. The van der Waals surface area contributed by atoms with Crippen molar-refractivity contribution in [2.75, 3.05) is 13.7 Å². The number of methoxy groups -OCH3 is 1. The second-order valence-corrected chi connectivity index (χ2v) is 4.93. The Kier molecular flexibility index (Phi) is 6.87. The van der Waals surface area contributed by atoms with E-state index >= 15 is 0 Å². The number of carbonyl (C=O) groups excluding carboxylic acids is 1. The molecule has 0 radical (unpaired) electrons. The van der Waals surface area contributed by atoms with Crippen LogP contribution in [0.5, 0.6) is 11.5 Å². The highest BCUT2D eigenvalue weighted by Crippen LogP contribution is 2.25. The quantitative estimate of drug-likeness (QED) is 0.445. The van der Waals surface area contributed by atoms with Gasteiger partial charge in [0.05, 0.1) is 17.6 Å². The second kappa shape index (κ2) is 9.58. The predicted octanol–water partition coefficient (Wildman–Crippen LogP) is 2.80. The Morgan fingerprint density at radius 2 is 1.88 bits per heavy atom. The number of nitrogens with zero attached hydrogens (tertiary/aromatic N) is 2. The van der Waals surface area contributed by atoms with E-state index in [0.717, 1.165) is 0 Å². The average Bonchev–Trinajstić information content (AvgIpc) is 2.66. The van der Waals surface area contributed by atoms with E-state index in [1.54, 1.807) is 42.5 Å². The minimum atomic E-state index is -0.464. The van der Waals surface area contributed by atoms with Gasteiger partial charge in [-0.3, -0.25) is 14.9 Å². The Labute approximate surface area is 149 Å². The summed E-state index contributed by atoms with van der Waals surface area (Å²) in [6.07, 6.45) is 4.33. The molecule has 26 heavy (non-hydrogen) atoms. The van der Waals surface area contributed by atoms with E-state index in [-0.39, 0.29) is 12.3 Å². The minimum Gasteiger partial charge on any atom is -0.493 e. The molecule has 134 valence electrons. The zero-order valence-electron chi connectivity index (χ0n) is 14.0. The molecule has 2 rings (SSSR count). The van der Waals surface area contributed by atoms with Crippen molar-refractivity contribution in [1.29, 1.82) is 0 Å². The lowest BCUT2D eigenvalue weighted by Gasteiger charge is -2.08. The monoisotopic (exact) mass is 355 g/mol. The Morgan fingerprint density at radius 1 is 1.19 bits per heavy atom. The zero-order chi connectivity index (χ0) is 18.8. The van der Waals surface area contributed by atoms with Crippen LogP contribution in [0.25, 0.3) is 6.08 Å². The van der Waals surface area contributed by atoms with Crippen LogP contribution < -0.4 is 14.9 Å². The maximum atomic E-state index is 11.7. The maximum Gasteiger partial charge on any atom is 0.277 e. The van der Waals surface area contributed by atoms with E-state index < -0.39 is 10.8 Å². The van der Waals surface area contributed by atoms with Crippen LogP contribution in [0, 0.1) is 10.1 Å². The summed E-state index contributed by atoms with van der Waals surface area (Å²) >= 11 is 0. The first-order chi connectivity index (χ1) is 12.6. The first kappa shape index (κ1) is 18.7. The summed E-state index contributed by atoms with van der Waals surface area (Å²) in [5.41, 5.74) is 2.73. The summed E-state index contributed by atoms with van der Waals surface area (Å²) in [6.45, 7) is -0.231. The Morgan fingerprint density at radius 3 is 2.62 bits per heavy atom. The number of rotatable bonds is 8. The number of benzene rings is 2. The van der Waals surface area contributed by atoms with Crippen LogP contribution in [-0.4, -0.2) is 30.8 Å². The first-order valence-electron chi connectivity index (χ1n) is 7.59. The number of carbonyl (C=O) groups is 1. The Hall–Kier alpha value is -3.68. The summed E-state index contributed by atoms with van der Waals surface area (Å²) in [7, 11) is 1.51. The number of hydrazone groups is 1. The van der Waals surface area contributed by atoms with Gasteiger partial charge < -0.3 is 9.47 Å². The molecule has 0 saturated carbocycles. The van der Waals surface area contributed by atoms with Crippen molar-refractivity contribution in [2.45, 2.75) is 0 Å². The highest BCUT2D eigenvalue weighted by atomic mass is 16.6. The third-order valence-corrected chi connectivity index (χ3v) is 3.19. The van der Waals surface area contributed by atoms with Gasteiger partial charge in [-0.05, 0) is 30.4 Å². The molecule has 0 atom stereocenters. The molecule has 0 fully saturated rings. The molecule has 0 aromatic heterocycles. The van der Waals surface area contributed by atoms with Gasteiger partial charge >= 0.3 is 0 Å². The number of nitro benzene ring substituents is 1. The van der Waals surface area contributed by atoms with Crippen LogP contribution in [0.1, 0.15) is 5.56 Å². The number of hydrogen-bond acceptors (Lipinski definition) is 6. The summed E-state index contributed by atoms with van der Waals surface area (Å²) in [4.78, 5) is 22.1. The van der Waals surface area contributed by atoms with E-state index in [1.807, 2.05) is 0 Å². The lowest BCUT2D eigenvalue weighted by Crippen LogP contribution is -2.24. The van der Waals surface area contributed by atoms with Crippen molar-refractivity contribution < 1.29 is 19.2 Å². The number of nitro groups is 1. The Bertz CT molecular complexity index is 833. The van der Waals surface area contributed by atoms with Crippen molar-refractivity contribution in [3.05, 3.63) is 70.3 Å². The van der Waals surface area contributed by atoms with Crippen LogP contribution in [-0.2, 0) is 4.79 Å². The van der Waals surface area contributed by atoms with E-state index in [4.69, 9.17) is 9.47 Å². The third kappa shape index (κ3) is 5.45. The molecule has 2 aromatic rings. The molecule has 0 bridgehead atoms. The molecule has 2 aromatic carbocycles. The molecule has 0 aliphatic carbocycles. The number of allylic oxidation sites excluding steroid dienone is 1. The van der Waals surface area contributed by atoms with E-state index in [1.165, 1.54) is 31.5 Å². The summed E-state index contributed by atoms with van der Waals surface area (Å²) in [6, 6.07) is 13.3. The molecule has 0 aliphatic rings. The first-order valence-corrected chi connectivity index (χ1v) is 7.59. The molecular weight excluding hydrogens is 338 g/mol. The lowest BCUT2D eigenvalue weighted by atomic mass is 10.2. The fourth-order valence-corrected chi connectivity index (χ4v) is 2.01. The fourth-order valence-electron chi connectivity index (χ4n) is 2.01. The minimum absolute atomic E-state index is 0.00797. The zero-order valence-corrected chi connectivity index (χ0v) is 14.0. The molecule has 1 N–H and O–H groups in total. The van der Waals surface area contributed by atoms with Gasteiger partial charge in [0, 0.05) is 12.3 Å². The van der Waals surface area contributed by atoms with Gasteiger partial charge in [0.2, 0.25) is 0 Å². The van der Waals surface area contributed by atoms with E-state index in [0.29, 0.717) is 17.1 Å². The molecule has 0 heterocycles. The molecule has 0 spiro atoms. The van der Waals surface area contributed by atoms with Crippen LogP contribution in [0.3, 0.4) is 0 Å². The molecular formula is C18H17N3O5. The van der Waals surface area contributed by atoms with Gasteiger partial charge in [-0.1, -0.05) is 24.3 Å².